The molecule has 1 aliphatic carbocycles. The molecule has 1 fully saturated rings. The summed E-state index contributed by atoms with van der Waals surface area (Å²) in [5, 5.41) is 3.18. The molecule has 1 aliphatic rings. The van der Waals surface area contributed by atoms with Crippen LogP contribution < -0.4 is 10.1 Å². The van der Waals surface area contributed by atoms with Crippen LogP contribution in [0.2, 0.25) is 0 Å². The van der Waals surface area contributed by atoms with E-state index in [0.29, 0.717) is 18.2 Å². The van der Waals surface area contributed by atoms with E-state index >= 15 is 0 Å². The van der Waals surface area contributed by atoms with Crippen LogP contribution in [0.25, 0.3) is 0 Å². The van der Waals surface area contributed by atoms with E-state index in [1.54, 1.807) is 0 Å². The van der Waals surface area contributed by atoms with Crippen molar-refractivity contribution < 1.29 is 23.0 Å². The van der Waals surface area contributed by atoms with Gasteiger partial charge in [0.15, 0.2) is 17.4 Å². The van der Waals surface area contributed by atoms with E-state index in [2.05, 4.69) is 10.1 Å². The largest absolute Gasteiger partial charge is 0.487 e. The maximum Gasteiger partial charge on any atom is 0.308 e. The molecule has 1 N–H and O–H groups in total. The number of halogens is 2. The maximum atomic E-state index is 13.7. The molecule has 0 amide bonds. The van der Waals surface area contributed by atoms with Gasteiger partial charge < -0.3 is 14.8 Å². The quantitative estimate of drug-likeness (QED) is 0.780. The lowest BCUT2D eigenvalue weighted by Crippen LogP contribution is -2.16. The number of rotatable bonds is 7. The van der Waals surface area contributed by atoms with Gasteiger partial charge in [0.1, 0.15) is 0 Å². The Labute approximate surface area is 116 Å². The zero-order chi connectivity index (χ0) is 14.5. The van der Waals surface area contributed by atoms with E-state index in [0.717, 1.165) is 12.8 Å². The van der Waals surface area contributed by atoms with E-state index in [-0.39, 0.29) is 13.0 Å². The monoisotopic (exact) mass is 285 g/mol. The molecule has 4 nitrogen and oxygen atoms in total. The molecule has 0 heterocycles. The Morgan fingerprint density at radius 1 is 1.35 bits per heavy atom. The fourth-order valence-electron chi connectivity index (χ4n) is 1.74. The van der Waals surface area contributed by atoms with Crippen LogP contribution >= 0.6 is 0 Å². The van der Waals surface area contributed by atoms with Crippen molar-refractivity contribution in [1.82, 2.24) is 5.32 Å². The summed E-state index contributed by atoms with van der Waals surface area (Å²) in [6, 6.07) is 2.95. The van der Waals surface area contributed by atoms with Gasteiger partial charge in [-0.1, -0.05) is 0 Å². The molecule has 1 aromatic carbocycles. The number of hydrogen-bond donors (Lipinski definition) is 1. The van der Waals surface area contributed by atoms with Gasteiger partial charge in [-0.05, 0) is 30.5 Å². The van der Waals surface area contributed by atoms with Gasteiger partial charge >= 0.3 is 5.97 Å². The lowest BCUT2D eigenvalue weighted by Gasteiger charge is -2.10. The summed E-state index contributed by atoms with van der Waals surface area (Å²) in [4.78, 5) is 10.9. The molecule has 0 bridgehead atoms. The fourth-order valence-corrected chi connectivity index (χ4v) is 1.74. The average Bonchev–Trinajstić information content (AvgIpc) is 3.23. The van der Waals surface area contributed by atoms with Gasteiger partial charge in [-0.3, -0.25) is 4.79 Å². The van der Waals surface area contributed by atoms with Crippen LogP contribution in [0.15, 0.2) is 12.1 Å². The normalized spacial score (nSPS) is 14.2. The molecule has 110 valence electrons. The van der Waals surface area contributed by atoms with Crippen molar-refractivity contribution in [3.8, 4) is 5.75 Å². The van der Waals surface area contributed by atoms with Gasteiger partial charge in [0.25, 0.3) is 0 Å². The number of carbonyl (C=O) groups is 1. The minimum Gasteiger partial charge on any atom is -0.487 e. The molecule has 0 spiro atoms. The van der Waals surface area contributed by atoms with Crippen molar-refractivity contribution in [3.63, 3.8) is 0 Å². The van der Waals surface area contributed by atoms with Crippen molar-refractivity contribution in [1.29, 1.82) is 0 Å². The standard InChI is InChI=1S/C14H17F2NO3/c1-19-13(18)4-5-20-14-11(15)6-9(7-12(14)16)8-17-10-2-3-10/h6-7,10,17H,2-5,8H2,1H3. The summed E-state index contributed by atoms with van der Waals surface area (Å²) in [5.74, 6) is -2.47. The highest BCUT2D eigenvalue weighted by Crippen LogP contribution is 2.25. The van der Waals surface area contributed by atoms with Gasteiger partial charge in [0.05, 0.1) is 20.1 Å². The second-order valence-electron chi connectivity index (χ2n) is 4.72. The second kappa shape index (κ2) is 6.65. The molecular formula is C14H17F2NO3. The van der Waals surface area contributed by atoms with Crippen molar-refractivity contribution in [2.24, 2.45) is 0 Å². The van der Waals surface area contributed by atoms with Crippen LogP contribution in [-0.2, 0) is 16.1 Å². The molecule has 6 heteroatoms. The van der Waals surface area contributed by atoms with Gasteiger partial charge in [-0.15, -0.1) is 0 Å². The Morgan fingerprint density at radius 3 is 2.55 bits per heavy atom. The molecule has 0 aromatic heterocycles. The predicted molar refractivity (Wildman–Crippen MR) is 68.3 cm³/mol. The fraction of sp³-hybridized carbons (Fsp3) is 0.500. The van der Waals surface area contributed by atoms with E-state index in [4.69, 9.17) is 4.74 Å². The summed E-state index contributed by atoms with van der Waals surface area (Å²) in [7, 11) is 1.24. The smallest absolute Gasteiger partial charge is 0.308 e. The third kappa shape index (κ3) is 4.16. The zero-order valence-electron chi connectivity index (χ0n) is 11.2. The molecule has 0 unspecified atom stereocenters. The summed E-state index contributed by atoms with van der Waals surface area (Å²) >= 11 is 0. The first-order valence-corrected chi connectivity index (χ1v) is 6.51. The van der Waals surface area contributed by atoms with Crippen molar-refractivity contribution in [2.45, 2.75) is 31.8 Å². The molecule has 0 aliphatic heterocycles. The van der Waals surface area contributed by atoms with Crippen LogP contribution in [0, 0.1) is 11.6 Å². The SMILES string of the molecule is COC(=O)CCOc1c(F)cc(CNC2CC2)cc1F. The van der Waals surface area contributed by atoms with E-state index in [9.17, 15) is 13.6 Å². The Kier molecular flexibility index (Phi) is 4.89. The van der Waals surface area contributed by atoms with Gasteiger partial charge in [0.2, 0.25) is 0 Å². The molecule has 1 saturated carbocycles. The number of ether oxygens (including phenoxy) is 2. The lowest BCUT2D eigenvalue weighted by molar-refractivity contribution is -0.141. The van der Waals surface area contributed by atoms with Crippen LogP contribution in [0.4, 0.5) is 8.78 Å². The summed E-state index contributed by atoms with van der Waals surface area (Å²) in [6.45, 7) is 0.307. The van der Waals surface area contributed by atoms with Gasteiger partial charge in [0, 0.05) is 12.6 Å². The van der Waals surface area contributed by atoms with Crippen LogP contribution in [-0.4, -0.2) is 25.7 Å². The summed E-state index contributed by atoms with van der Waals surface area (Å²) in [6.07, 6.45) is 2.17. The van der Waals surface area contributed by atoms with Crippen molar-refractivity contribution >= 4 is 5.97 Å². The first-order valence-electron chi connectivity index (χ1n) is 6.51. The highest BCUT2D eigenvalue weighted by atomic mass is 19.1. The summed E-state index contributed by atoms with van der Waals surface area (Å²) in [5.41, 5.74) is 0.534. The van der Waals surface area contributed by atoms with E-state index in [1.165, 1.54) is 19.2 Å². The van der Waals surface area contributed by atoms with E-state index < -0.39 is 23.4 Å². The lowest BCUT2D eigenvalue weighted by atomic mass is 10.2. The number of nitrogens with one attached hydrogen (secondary N) is 1. The third-order valence-corrected chi connectivity index (χ3v) is 3.01. The number of methoxy groups -OCH3 is 1. The second-order valence-corrected chi connectivity index (χ2v) is 4.72. The molecule has 2 rings (SSSR count). The molecule has 0 radical (unpaired) electrons. The number of esters is 1. The van der Waals surface area contributed by atoms with Crippen LogP contribution in [0.1, 0.15) is 24.8 Å². The third-order valence-electron chi connectivity index (χ3n) is 3.01. The topological polar surface area (TPSA) is 47.6 Å². The summed E-state index contributed by atoms with van der Waals surface area (Å²) < 4.78 is 36.9. The molecule has 20 heavy (non-hydrogen) atoms. The van der Waals surface area contributed by atoms with Crippen LogP contribution in [0.3, 0.4) is 0 Å². The molecule has 1 aromatic rings. The highest BCUT2D eigenvalue weighted by Gasteiger charge is 2.21. The zero-order valence-corrected chi connectivity index (χ0v) is 11.2. The van der Waals surface area contributed by atoms with Crippen LogP contribution in [0.5, 0.6) is 5.75 Å². The number of carbonyl (C=O) groups excluding carboxylic acids is 1. The maximum absolute atomic E-state index is 13.7. The minimum absolute atomic E-state index is 0.0552. The van der Waals surface area contributed by atoms with Gasteiger partial charge in [-0.2, -0.15) is 0 Å². The Morgan fingerprint density at radius 2 is 2.00 bits per heavy atom. The van der Waals surface area contributed by atoms with Gasteiger partial charge in [-0.25, -0.2) is 8.78 Å². The Hall–Kier alpha value is -1.69. The first-order chi connectivity index (χ1) is 9.60. The molecule has 0 saturated heterocycles. The minimum atomic E-state index is -0.762. The predicted octanol–water partition coefficient (Wildman–Crippen LogP) is 2.16. The average molecular weight is 285 g/mol. The number of benzene rings is 1. The Bertz CT molecular complexity index is 466. The van der Waals surface area contributed by atoms with Crippen molar-refractivity contribution in [3.05, 3.63) is 29.3 Å². The van der Waals surface area contributed by atoms with Crippen molar-refractivity contribution in [2.75, 3.05) is 13.7 Å². The molecular weight excluding hydrogens is 268 g/mol. The first kappa shape index (κ1) is 14.7. The molecule has 0 atom stereocenters. The number of hydrogen-bond acceptors (Lipinski definition) is 4. The van der Waals surface area contributed by atoms with E-state index in [1.807, 2.05) is 0 Å². The Balaban J connectivity index is 1.92. The highest BCUT2D eigenvalue weighted by molar-refractivity contribution is 5.69.